The van der Waals surface area contributed by atoms with Crippen molar-refractivity contribution in [2.45, 2.75) is 19.9 Å². The second kappa shape index (κ2) is 6.95. The van der Waals surface area contributed by atoms with Crippen LogP contribution in [0.4, 0.5) is 14.5 Å². The number of nitrogens with one attached hydrogen (secondary N) is 1. The minimum absolute atomic E-state index is 0.118. The van der Waals surface area contributed by atoms with Crippen molar-refractivity contribution in [3.8, 4) is 0 Å². The molecule has 0 saturated carbocycles. The fourth-order valence-electron chi connectivity index (χ4n) is 1.55. The highest BCUT2D eigenvalue weighted by molar-refractivity contribution is 5.92. The fraction of sp³-hybridized carbons (Fsp3) is 0.385. The monoisotopic (exact) mass is 286 g/mol. The van der Waals surface area contributed by atoms with Gasteiger partial charge in [0.15, 0.2) is 11.6 Å². The van der Waals surface area contributed by atoms with E-state index in [4.69, 9.17) is 5.11 Å². The molecule has 0 aromatic heterocycles. The quantitative estimate of drug-likeness (QED) is 0.835. The molecule has 0 aliphatic rings. The molecule has 7 heteroatoms. The summed E-state index contributed by atoms with van der Waals surface area (Å²) in [5.74, 6) is -3.60. The number of carboxylic acid groups (broad SMARTS) is 1. The topological polar surface area (TPSA) is 69.6 Å². The first-order valence-electron chi connectivity index (χ1n) is 6.00. The van der Waals surface area contributed by atoms with Crippen molar-refractivity contribution < 1.29 is 23.5 Å². The Bertz CT molecular complexity index is 506. The van der Waals surface area contributed by atoms with Gasteiger partial charge in [-0.2, -0.15) is 0 Å². The Hall–Kier alpha value is -2.02. The molecule has 0 atom stereocenters. The van der Waals surface area contributed by atoms with Crippen LogP contribution in [0, 0.1) is 11.6 Å². The summed E-state index contributed by atoms with van der Waals surface area (Å²) >= 11 is 0. The second-order valence-corrected chi connectivity index (χ2v) is 4.57. The summed E-state index contributed by atoms with van der Waals surface area (Å²) < 4.78 is 25.7. The van der Waals surface area contributed by atoms with Crippen LogP contribution in [-0.4, -0.2) is 41.0 Å². The van der Waals surface area contributed by atoms with Gasteiger partial charge >= 0.3 is 5.97 Å². The number of carbonyl (C=O) groups excluding carboxylic acids is 1. The van der Waals surface area contributed by atoms with Crippen molar-refractivity contribution in [2.75, 3.05) is 18.4 Å². The first kappa shape index (κ1) is 16.0. The van der Waals surface area contributed by atoms with Gasteiger partial charge in [-0.3, -0.25) is 14.5 Å². The average Bonchev–Trinajstić information content (AvgIpc) is 2.32. The van der Waals surface area contributed by atoms with Gasteiger partial charge in [-0.25, -0.2) is 8.78 Å². The number of amides is 1. The Morgan fingerprint density at radius 1 is 1.25 bits per heavy atom. The molecule has 20 heavy (non-hydrogen) atoms. The fourth-order valence-corrected chi connectivity index (χ4v) is 1.55. The zero-order valence-electron chi connectivity index (χ0n) is 11.2. The molecule has 0 spiro atoms. The van der Waals surface area contributed by atoms with Crippen molar-refractivity contribution in [1.29, 1.82) is 0 Å². The second-order valence-electron chi connectivity index (χ2n) is 4.57. The van der Waals surface area contributed by atoms with Gasteiger partial charge in [0.25, 0.3) is 0 Å². The number of aliphatic carboxylic acids is 1. The van der Waals surface area contributed by atoms with Crippen LogP contribution in [0.5, 0.6) is 0 Å². The molecule has 0 saturated heterocycles. The predicted molar refractivity (Wildman–Crippen MR) is 69.3 cm³/mol. The van der Waals surface area contributed by atoms with Crippen molar-refractivity contribution in [2.24, 2.45) is 0 Å². The van der Waals surface area contributed by atoms with E-state index in [0.29, 0.717) is 0 Å². The van der Waals surface area contributed by atoms with Gasteiger partial charge in [0.2, 0.25) is 5.91 Å². The molecule has 2 N–H and O–H groups in total. The lowest BCUT2D eigenvalue weighted by Gasteiger charge is -2.23. The summed E-state index contributed by atoms with van der Waals surface area (Å²) in [6, 6.07) is 2.86. The van der Waals surface area contributed by atoms with Gasteiger partial charge in [-0.15, -0.1) is 0 Å². The van der Waals surface area contributed by atoms with Crippen LogP contribution in [0.25, 0.3) is 0 Å². The van der Waals surface area contributed by atoms with Crippen molar-refractivity contribution in [1.82, 2.24) is 4.90 Å². The van der Waals surface area contributed by atoms with E-state index < -0.39 is 23.5 Å². The smallest absolute Gasteiger partial charge is 0.317 e. The highest BCUT2D eigenvalue weighted by atomic mass is 19.2. The van der Waals surface area contributed by atoms with Crippen molar-refractivity contribution in [3.63, 3.8) is 0 Å². The van der Waals surface area contributed by atoms with Crippen molar-refractivity contribution in [3.05, 3.63) is 29.8 Å². The van der Waals surface area contributed by atoms with E-state index in [0.717, 1.165) is 12.1 Å². The van der Waals surface area contributed by atoms with Gasteiger partial charge in [-0.1, -0.05) is 0 Å². The first-order chi connectivity index (χ1) is 9.29. The number of halogens is 2. The lowest BCUT2D eigenvalue weighted by atomic mass is 10.2. The Labute approximate surface area is 115 Å². The van der Waals surface area contributed by atoms with Gasteiger partial charge < -0.3 is 10.4 Å². The van der Waals surface area contributed by atoms with Gasteiger partial charge in [0.1, 0.15) is 0 Å². The largest absolute Gasteiger partial charge is 0.480 e. The molecule has 0 bridgehead atoms. The number of carboxylic acids is 1. The summed E-state index contributed by atoms with van der Waals surface area (Å²) in [4.78, 5) is 23.9. The molecular weight excluding hydrogens is 270 g/mol. The third-order valence-corrected chi connectivity index (χ3v) is 2.62. The molecule has 0 aliphatic heterocycles. The Balaban J connectivity index is 2.65. The number of rotatable bonds is 6. The molecular formula is C13H16F2N2O3. The molecule has 5 nitrogen and oxygen atoms in total. The molecule has 0 aliphatic carbocycles. The van der Waals surface area contributed by atoms with Crippen LogP contribution < -0.4 is 5.32 Å². The zero-order valence-corrected chi connectivity index (χ0v) is 11.2. The lowest BCUT2D eigenvalue weighted by molar-refractivity contribution is -0.139. The molecule has 1 aromatic rings. The Morgan fingerprint density at radius 2 is 1.90 bits per heavy atom. The summed E-state index contributed by atoms with van der Waals surface area (Å²) in [5.41, 5.74) is 0.118. The summed E-state index contributed by atoms with van der Waals surface area (Å²) in [7, 11) is 0. The number of nitrogens with zero attached hydrogens (tertiary/aromatic N) is 1. The van der Waals surface area contributed by atoms with Crippen LogP contribution in [0.2, 0.25) is 0 Å². The molecule has 1 aromatic carbocycles. The maximum absolute atomic E-state index is 13.0. The number of anilines is 1. The Kier molecular flexibility index (Phi) is 5.57. The molecule has 0 heterocycles. The minimum Gasteiger partial charge on any atom is -0.480 e. The van der Waals surface area contributed by atoms with E-state index >= 15 is 0 Å². The van der Waals surface area contributed by atoms with E-state index in [1.54, 1.807) is 13.8 Å². The van der Waals surface area contributed by atoms with Crippen LogP contribution in [0.3, 0.4) is 0 Å². The third kappa shape index (κ3) is 4.93. The Morgan fingerprint density at radius 3 is 2.40 bits per heavy atom. The molecule has 1 amide bonds. The SMILES string of the molecule is CC(C)N(CC(=O)O)CC(=O)Nc1ccc(F)c(F)c1. The van der Waals surface area contributed by atoms with Crippen LogP contribution in [0.1, 0.15) is 13.8 Å². The van der Waals surface area contributed by atoms with E-state index in [-0.39, 0.29) is 24.8 Å². The minimum atomic E-state index is -1.06. The average molecular weight is 286 g/mol. The number of benzene rings is 1. The van der Waals surface area contributed by atoms with Gasteiger partial charge in [0, 0.05) is 17.8 Å². The van der Waals surface area contributed by atoms with Crippen molar-refractivity contribution >= 4 is 17.6 Å². The predicted octanol–water partition coefficient (Wildman–Crippen LogP) is 1.70. The number of hydrogen-bond acceptors (Lipinski definition) is 3. The first-order valence-corrected chi connectivity index (χ1v) is 6.00. The number of carbonyl (C=O) groups is 2. The van der Waals surface area contributed by atoms with E-state index in [1.807, 2.05) is 0 Å². The highest BCUT2D eigenvalue weighted by Crippen LogP contribution is 2.13. The van der Waals surface area contributed by atoms with Gasteiger partial charge in [0.05, 0.1) is 13.1 Å². The molecule has 0 radical (unpaired) electrons. The molecule has 110 valence electrons. The standard InChI is InChI=1S/C13H16F2N2O3/c1-8(2)17(7-13(19)20)6-12(18)16-9-3-4-10(14)11(15)5-9/h3-5,8H,6-7H2,1-2H3,(H,16,18)(H,19,20). The van der Waals surface area contributed by atoms with Crippen LogP contribution >= 0.6 is 0 Å². The maximum Gasteiger partial charge on any atom is 0.317 e. The summed E-state index contributed by atoms with van der Waals surface area (Å²) in [6.07, 6.45) is 0. The summed E-state index contributed by atoms with van der Waals surface area (Å²) in [5, 5.41) is 11.1. The highest BCUT2D eigenvalue weighted by Gasteiger charge is 2.17. The zero-order chi connectivity index (χ0) is 15.3. The van der Waals surface area contributed by atoms with Crippen LogP contribution in [0.15, 0.2) is 18.2 Å². The van der Waals surface area contributed by atoms with E-state index in [1.165, 1.54) is 11.0 Å². The van der Waals surface area contributed by atoms with Crippen LogP contribution in [-0.2, 0) is 9.59 Å². The van der Waals surface area contributed by atoms with E-state index in [9.17, 15) is 18.4 Å². The molecule has 0 fully saturated rings. The number of hydrogen-bond donors (Lipinski definition) is 2. The molecule has 1 rings (SSSR count). The van der Waals surface area contributed by atoms with Gasteiger partial charge in [-0.05, 0) is 26.0 Å². The van der Waals surface area contributed by atoms with E-state index in [2.05, 4.69) is 5.32 Å². The summed E-state index contributed by atoms with van der Waals surface area (Å²) in [6.45, 7) is 3.09. The normalized spacial score (nSPS) is 10.9. The molecule has 0 unspecified atom stereocenters. The maximum atomic E-state index is 13.0. The third-order valence-electron chi connectivity index (χ3n) is 2.62. The lowest BCUT2D eigenvalue weighted by Crippen LogP contribution is -2.41.